The molecule has 0 bridgehead atoms. The molecular weight excluding hydrogens is 178 g/mol. The molecule has 0 spiro atoms. The Labute approximate surface area is 87.1 Å². The summed E-state index contributed by atoms with van der Waals surface area (Å²) in [6, 6.07) is 0. The Bertz CT molecular complexity index is 124. The van der Waals surface area contributed by atoms with Crippen LogP contribution in [0.2, 0.25) is 0 Å². The summed E-state index contributed by atoms with van der Waals surface area (Å²) in [5.41, 5.74) is 2.99. The SMILES string of the molecule is COCCONCCC1CCCCC1. The van der Waals surface area contributed by atoms with Crippen molar-refractivity contribution in [1.29, 1.82) is 0 Å². The van der Waals surface area contributed by atoms with Gasteiger partial charge in [0.1, 0.15) is 0 Å². The van der Waals surface area contributed by atoms with Gasteiger partial charge in [-0.15, -0.1) is 0 Å². The molecule has 1 N–H and O–H groups in total. The van der Waals surface area contributed by atoms with E-state index in [0.717, 1.165) is 12.5 Å². The molecule has 84 valence electrons. The first-order chi connectivity index (χ1) is 6.93. The largest absolute Gasteiger partial charge is 0.382 e. The van der Waals surface area contributed by atoms with Crippen molar-refractivity contribution in [2.45, 2.75) is 38.5 Å². The van der Waals surface area contributed by atoms with Crippen molar-refractivity contribution in [2.24, 2.45) is 5.92 Å². The van der Waals surface area contributed by atoms with E-state index in [1.54, 1.807) is 7.11 Å². The molecule has 0 radical (unpaired) electrons. The van der Waals surface area contributed by atoms with Crippen LogP contribution in [0.3, 0.4) is 0 Å². The van der Waals surface area contributed by atoms with Crippen LogP contribution in [0.1, 0.15) is 38.5 Å². The molecule has 0 atom stereocenters. The summed E-state index contributed by atoms with van der Waals surface area (Å²) in [6.07, 6.45) is 8.38. The molecule has 3 heteroatoms. The fourth-order valence-corrected chi connectivity index (χ4v) is 2.01. The van der Waals surface area contributed by atoms with Gasteiger partial charge in [0.15, 0.2) is 0 Å². The molecule has 3 nitrogen and oxygen atoms in total. The highest BCUT2D eigenvalue weighted by atomic mass is 16.7. The maximum atomic E-state index is 5.19. The second kappa shape index (κ2) is 8.21. The van der Waals surface area contributed by atoms with Crippen LogP contribution in [-0.2, 0) is 9.57 Å². The van der Waals surface area contributed by atoms with Gasteiger partial charge < -0.3 is 4.74 Å². The van der Waals surface area contributed by atoms with E-state index in [1.807, 2.05) is 0 Å². The fraction of sp³-hybridized carbons (Fsp3) is 1.00. The van der Waals surface area contributed by atoms with Gasteiger partial charge in [0, 0.05) is 13.7 Å². The van der Waals surface area contributed by atoms with Gasteiger partial charge in [-0.3, -0.25) is 4.84 Å². The standard InChI is InChI=1S/C11H23NO2/c1-13-9-10-14-12-8-7-11-5-3-2-4-6-11/h11-12H,2-10H2,1H3. The number of hydrogen-bond acceptors (Lipinski definition) is 3. The van der Waals surface area contributed by atoms with E-state index in [2.05, 4.69) is 5.48 Å². The van der Waals surface area contributed by atoms with Crippen LogP contribution in [-0.4, -0.2) is 26.9 Å². The topological polar surface area (TPSA) is 30.5 Å². The Hall–Kier alpha value is -0.120. The Morgan fingerprint density at radius 2 is 1.93 bits per heavy atom. The zero-order chi connectivity index (χ0) is 10.1. The lowest BCUT2D eigenvalue weighted by Gasteiger charge is -2.21. The molecule has 0 amide bonds. The molecule has 1 fully saturated rings. The minimum Gasteiger partial charge on any atom is -0.382 e. The third-order valence-electron chi connectivity index (χ3n) is 2.87. The first-order valence-corrected chi connectivity index (χ1v) is 5.77. The minimum absolute atomic E-state index is 0.640. The van der Waals surface area contributed by atoms with Crippen molar-refractivity contribution in [3.63, 3.8) is 0 Å². The Morgan fingerprint density at radius 3 is 2.64 bits per heavy atom. The summed E-state index contributed by atoms with van der Waals surface area (Å²) in [5.74, 6) is 0.933. The van der Waals surface area contributed by atoms with E-state index < -0.39 is 0 Å². The Balaban J connectivity index is 1.82. The highest BCUT2D eigenvalue weighted by molar-refractivity contribution is 4.65. The summed E-state index contributed by atoms with van der Waals surface area (Å²) in [6.45, 7) is 2.28. The van der Waals surface area contributed by atoms with Crippen molar-refractivity contribution in [1.82, 2.24) is 5.48 Å². The van der Waals surface area contributed by atoms with Gasteiger partial charge in [-0.1, -0.05) is 32.1 Å². The number of nitrogens with one attached hydrogen (secondary N) is 1. The van der Waals surface area contributed by atoms with E-state index in [4.69, 9.17) is 9.57 Å². The average molecular weight is 201 g/mol. The molecule has 14 heavy (non-hydrogen) atoms. The van der Waals surface area contributed by atoms with Crippen molar-refractivity contribution < 1.29 is 9.57 Å². The van der Waals surface area contributed by atoms with Gasteiger partial charge in [-0.05, 0) is 12.3 Å². The zero-order valence-electron chi connectivity index (χ0n) is 9.26. The predicted molar refractivity (Wildman–Crippen MR) is 57.0 cm³/mol. The fourth-order valence-electron chi connectivity index (χ4n) is 2.01. The minimum atomic E-state index is 0.640. The van der Waals surface area contributed by atoms with Crippen molar-refractivity contribution in [3.8, 4) is 0 Å². The van der Waals surface area contributed by atoms with Crippen molar-refractivity contribution in [2.75, 3.05) is 26.9 Å². The van der Waals surface area contributed by atoms with Crippen LogP contribution in [0.5, 0.6) is 0 Å². The highest BCUT2D eigenvalue weighted by Crippen LogP contribution is 2.25. The molecule has 1 rings (SSSR count). The van der Waals surface area contributed by atoms with E-state index in [0.29, 0.717) is 13.2 Å². The van der Waals surface area contributed by atoms with Crippen LogP contribution >= 0.6 is 0 Å². The molecule has 1 aliphatic carbocycles. The van der Waals surface area contributed by atoms with Gasteiger partial charge in [-0.25, -0.2) is 5.48 Å². The summed E-state index contributed by atoms with van der Waals surface area (Å²) in [4.78, 5) is 5.19. The quantitative estimate of drug-likeness (QED) is 0.505. The summed E-state index contributed by atoms with van der Waals surface area (Å²) < 4.78 is 4.87. The molecule has 0 aliphatic heterocycles. The first kappa shape index (κ1) is 12.0. The molecular formula is C11H23NO2. The van der Waals surface area contributed by atoms with Crippen molar-refractivity contribution in [3.05, 3.63) is 0 Å². The van der Waals surface area contributed by atoms with Crippen LogP contribution < -0.4 is 5.48 Å². The smallest absolute Gasteiger partial charge is 0.0915 e. The second-order valence-corrected chi connectivity index (χ2v) is 4.03. The third kappa shape index (κ3) is 5.58. The number of hydroxylamine groups is 1. The Kier molecular flexibility index (Phi) is 7.01. The van der Waals surface area contributed by atoms with Crippen LogP contribution in [0.4, 0.5) is 0 Å². The maximum absolute atomic E-state index is 5.19. The lowest BCUT2D eigenvalue weighted by atomic mass is 9.87. The summed E-state index contributed by atoms with van der Waals surface area (Å²) >= 11 is 0. The van der Waals surface area contributed by atoms with E-state index in [1.165, 1.54) is 38.5 Å². The van der Waals surface area contributed by atoms with Crippen LogP contribution in [0.25, 0.3) is 0 Å². The van der Waals surface area contributed by atoms with E-state index in [-0.39, 0.29) is 0 Å². The van der Waals surface area contributed by atoms with Gasteiger partial charge in [0.2, 0.25) is 0 Å². The van der Waals surface area contributed by atoms with Gasteiger partial charge in [0.25, 0.3) is 0 Å². The van der Waals surface area contributed by atoms with Crippen molar-refractivity contribution >= 4 is 0 Å². The molecule has 0 aromatic rings. The highest BCUT2D eigenvalue weighted by Gasteiger charge is 2.12. The molecule has 1 aliphatic rings. The predicted octanol–water partition coefficient (Wildman–Crippen LogP) is 2.12. The monoisotopic (exact) mass is 201 g/mol. The summed E-state index contributed by atoms with van der Waals surface area (Å²) in [5, 5.41) is 0. The molecule has 0 aromatic heterocycles. The lowest BCUT2D eigenvalue weighted by molar-refractivity contribution is 0.00440. The van der Waals surface area contributed by atoms with Crippen LogP contribution in [0, 0.1) is 5.92 Å². The van der Waals surface area contributed by atoms with Crippen LogP contribution in [0.15, 0.2) is 0 Å². The molecule has 0 heterocycles. The zero-order valence-corrected chi connectivity index (χ0v) is 9.26. The summed E-state index contributed by atoms with van der Waals surface area (Å²) in [7, 11) is 1.69. The average Bonchev–Trinajstić information content (AvgIpc) is 2.25. The van der Waals surface area contributed by atoms with E-state index in [9.17, 15) is 0 Å². The van der Waals surface area contributed by atoms with Gasteiger partial charge in [-0.2, -0.15) is 0 Å². The molecule has 1 saturated carbocycles. The molecule has 0 unspecified atom stereocenters. The third-order valence-corrected chi connectivity index (χ3v) is 2.87. The van der Waals surface area contributed by atoms with E-state index >= 15 is 0 Å². The number of methoxy groups -OCH3 is 1. The second-order valence-electron chi connectivity index (χ2n) is 4.03. The Morgan fingerprint density at radius 1 is 1.14 bits per heavy atom. The van der Waals surface area contributed by atoms with Gasteiger partial charge in [0.05, 0.1) is 13.2 Å². The molecule has 0 saturated heterocycles. The molecule has 0 aromatic carbocycles. The number of ether oxygens (including phenoxy) is 1. The number of rotatable bonds is 7. The lowest BCUT2D eigenvalue weighted by Crippen LogP contribution is -2.21. The van der Waals surface area contributed by atoms with Gasteiger partial charge >= 0.3 is 0 Å². The first-order valence-electron chi connectivity index (χ1n) is 5.77. The normalized spacial score (nSPS) is 18.6. The number of hydrogen-bond donors (Lipinski definition) is 1. The maximum Gasteiger partial charge on any atom is 0.0915 e.